The van der Waals surface area contributed by atoms with E-state index >= 15 is 0 Å². The summed E-state index contributed by atoms with van der Waals surface area (Å²) in [5.74, 6) is -0.233. The van der Waals surface area contributed by atoms with Crippen molar-refractivity contribution in [1.82, 2.24) is 10.2 Å². The average molecular weight is 312 g/mol. The molecular formula is C14H18ClN3O3. The topological polar surface area (TPSA) is 75.5 Å². The molecule has 0 bridgehead atoms. The number of nitrogens with one attached hydrogen (secondary N) is 1. The van der Waals surface area contributed by atoms with Crippen molar-refractivity contribution in [1.29, 1.82) is 0 Å². The Labute approximate surface area is 128 Å². The zero-order valence-corrected chi connectivity index (χ0v) is 12.6. The van der Waals surface area contributed by atoms with E-state index in [0.717, 1.165) is 19.3 Å². The van der Waals surface area contributed by atoms with Gasteiger partial charge in [-0.05, 0) is 32.4 Å². The summed E-state index contributed by atoms with van der Waals surface area (Å²) in [6.45, 7) is 1.36. The number of halogens is 1. The number of likely N-dealkylation sites (tertiary alicyclic amines) is 1. The number of hydrogen-bond acceptors (Lipinski definition) is 4. The van der Waals surface area contributed by atoms with Gasteiger partial charge in [0.25, 0.3) is 11.6 Å². The van der Waals surface area contributed by atoms with Crippen LogP contribution in [-0.2, 0) is 0 Å². The molecule has 1 atom stereocenters. The largest absolute Gasteiger partial charge is 0.334 e. The number of nitrogens with zero attached hydrogens (tertiary/aromatic N) is 2. The number of nitro groups is 1. The maximum absolute atomic E-state index is 12.7. The van der Waals surface area contributed by atoms with E-state index in [1.165, 1.54) is 18.2 Å². The maximum atomic E-state index is 12.7. The Morgan fingerprint density at radius 2 is 2.29 bits per heavy atom. The molecular weight excluding hydrogens is 294 g/mol. The first-order valence-electron chi connectivity index (χ1n) is 6.94. The van der Waals surface area contributed by atoms with Crippen LogP contribution < -0.4 is 5.32 Å². The minimum atomic E-state index is -0.519. The van der Waals surface area contributed by atoms with Crippen molar-refractivity contribution in [3.8, 4) is 0 Å². The van der Waals surface area contributed by atoms with E-state index in [1.54, 1.807) is 4.90 Å². The molecule has 21 heavy (non-hydrogen) atoms. The summed E-state index contributed by atoms with van der Waals surface area (Å²) >= 11 is 6.05. The van der Waals surface area contributed by atoms with Gasteiger partial charge < -0.3 is 10.2 Å². The lowest BCUT2D eigenvalue weighted by Gasteiger charge is -2.36. The second-order valence-corrected chi connectivity index (χ2v) is 5.53. The Morgan fingerprint density at radius 3 is 2.95 bits per heavy atom. The fourth-order valence-electron chi connectivity index (χ4n) is 2.66. The van der Waals surface area contributed by atoms with Crippen molar-refractivity contribution >= 4 is 23.2 Å². The highest BCUT2D eigenvalue weighted by molar-refractivity contribution is 6.33. The SMILES string of the molecule is CNCC1CCCCN1C(=O)c1cc([N+](=O)[O-])ccc1Cl. The molecule has 1 unspecified atom stereocenters. The van der Waals surface area contributed by atoms with Crippen LogP contribution in [-0.4, -0.2) is 41.9 Å². The predicted molar refractivity (Wildman–Crippen MR) is 80.7 cm³/mol. The van der Waals surface area contributed by atoms with Gasteiger partial charge in [-0.15, -0.1) is 0 Å². The van der Waals surface area contributed by atoms with Gasteiger partial charge in [0.15, 0.2) is 0 Å². The van der Waals surface area contributed by atoms with Gasteiger partial charge in [0.2, 0.25) is 0 Å². The van der Waals surface area contributed by atoms with E-state index in [4.69, 9.17) is 11.6 Å². The number of non-ortho nitro benzene ring substituents is 1. The van der Waals surface area contributed by atoms with Crippen LogP contribution in [0.2, 0.25) is 5.02 Å². The van der Waals surface area contributed by atoms with Crippen LogP contribution in [0.5, 0.6) is 0 Å². The molecule has 1 amide bonds. The van der Waals surface area contributed by atoms with Crippen molar-refractivity contribution in [2.45, 2.75) is 25.3 Å². The summed E-state index contributed by atoms with van der Waals surface area (Å²) in [6, 6.07) is 4.08. The lowest BCUT2D eigenvalue weighted by Crippen LogP contribution is -2.48. The highest BCUT2D eigenvalue weighted by Crippen LogP contribution is 2.26. The number of nitro benzene ring substituents is 1. The van der Waals surface area contributed by atoms with Crippen LogP contribution in [0.4, 0.5) is 5.69 Å². The lowest BCUT2D eigenvalue weighted by molar-refractivity contribution is -0.384. The molecule has 0 saturated carbocycles. The number of hydrogen-bond donors (Lipinski definition) is 1. The van der Waals surface area contributed by atoms with Gasteiger partial charge in [0.1, 0.15) is 0 Å². The quantitative estimate of drug-likeness (QED) is 0.684. The van der Waals surface area contributed by atoms with E-state index in [2.05, 4.69) is 5.32 Å². The van der Waals surface area contributed by atoms with Crippen molar-refractivity contribution in [3.63, 3.8) is 0 Å². The molecule has 1 N–H and O–H groups in total. The maximum Gasteiger partial charge on any atom is 0.270 e. The van der Waals surface area contributed by atoms with Crippen molar-refractivity contribution in [3.05, 3.63) is 38.9 Å². The molecule has 0 radical (unpaired) electrons. The number of carbonyl (C=O) groups excluding carboxylic acids is 1. The van der Waals surface area contributed by atoms with Gasteiger partial charge in [-0.1, -0.05) is 11.6 Å². The van der Waals surface area contributed by atoms with Gasteiger partial charge in [0, 0.05) is 31.3 Å². The van der Waals surface area contributed by atoms with E-state index < -0.39 is 4.92 Å². The van der Waals surface area contributed by atoms with Crippen molar-refractivity contribution in [2.75, 3.05) is 20.1 Å². The van der Waals surface area contributed by atoms with Crippen LogP contribution in [0.3, 0.4) is 0 Å². The number of benzene rings is 1. The van der Waals surface area contributed by atoms with Gasteiger partial charge >= 0.3 is 0 Å². The number of amides is 1. The van der Waals surface area contributed by atoms with Gasteiger partial charge in [-0.3, -0.25) is 14.9 Å². The van der Waals surface area contributed by atoms with Crippen LogP contribution in [0.25, 0.3) is 0 Å². The number of piperidine rings is 1. The van der Waals surface area contributed by atoms with Gasteiger partial charge in [0.05, 0.1) is 15.5 Å². The molecule has 1 aromatic carbocycles. The highest BCUT2D eigenvalue weighted by atomic mass is 35.5. The summed E-state index contributed by atoms with van der Waals surface area (Å²) in [5, 5.41) is 14.2. The Balaban J connectivity index is 2.29. The number of carbonyl (C=O) groups is 1. The van der Waals surface area contributed by atoms with Crippen molar-refractivity contribution < 1.29 is 9.72 Å². The zero-order valence-electron chi connectivity index (χ0n) is 11.8. The number of rotatable bonds is 4. The fourth-order valence-corrected chi connectivity index (χ4v) is 2.86. The summed E-state index contributed by atoms with van der Waals surface area (Å²) in [4.78, 5) is 24.8. The zero-order chi connectivity index (χ0) is 15.4. The molecule has 6 nitrogen and oxygen atoms in total. The van der Waals surface area contributed by atoms with E-state index in [1.807, 2.05) is 7.05 Å². The Morgan fingerprint density at radius 1 is 1.52 bits per heavy atom. The molecule has 0 spiro atoms. The third kappa shape index (κ3) is 3.51. The van der Waals surface area contributed by atoms with E-state index in [-0.39, 0.29) is 28.2 Å². The molecule has 0 aromatic heterocycles. The second kappa shape index (κ2) is 6.87. The van der Waals surface area contributed by atoms with E-state index in [0.29, 0.717) is 13.1 Å². The molecule has 114 valence electrons. The van der Waals surface area contributed by atoms with Crippen LogP contribution in [0.1, 0.15) is 29.6 Å². The highest BCUT2D eigenvalue weighted by Gasteiger charge is 2.29. The standard InChI is InChI=1S/C14H18ClN3O3/c1-16-9-11-4-2-3-7-17(11)14(19)12-8-10(18(20)21)5-6-13(12)15/h5-6,8,11,16H,2-4,7,9H2,1H3. The molecule has 2 rings (SSSR count). The summed E-state index contributed by atoms with van der Waals surface area (Å²) in [7, 11) is 1.84. The molecule has 0 aliphatic carbocycles. The molecule has 7 heteroatoms. The molecule has 1 heterocycles. The minimum Gasteiger partial charge on any atom is -0.334 e. The molecule has 1 aliphatic rings. The minimum absolute atomic E-state index is 0.103. The average Bonchev–Trinajstić information content (AvgIpc) is 2.47. The fraction of sp³-hybridized carbons (Fsp3) is 0.500. The smallest absolute Gasteiger partial charge is 0.270 e. The van der Waals surface area contributed by atoms with Crippen LogP contribution >= 0.6 is 11.6 Å². The van der Waals surface area contributed by atoms with Gasteiger partial charge in [-0.2, -0.15) is 0 Å². The third-order valence-electron chi connectivity index (χ3n) is 3.72. The number of likely N-dealkylation sites (N-methyl/N-ethyl adjacent to an activating group) is 1. The van der Waals surface area contributed by atoms with Gasteiger partial charge in [-0.25, -0.2) is 0 Å². The summed E-state index contributed by atoms with van der Waals surface area (Å²) in [6.07, 6.45) is 2.95. The normalized spacial score (nSPS) is 18.6. The molecule has 1 aliphatic heterocycles. The first kappa shape index (κ1) is 15.7. The predicted octanol–water partition coefficient (Wildman–Crippen LogP) is 2.46. The summed E-state index contributed by atoms with van der Waals surface area (Å²) in [5.41, 5.74) is 0.0822. The molecule has 1 saturated heterocycles. The Kier molecular flexibility index (Phi) is 5.14. The Bertz CT molecular complexity index is 548. The first-order chi connectivity index (χ1) is 10.0. The van der Waals surface area contributed by atoms with Crippen LogP contribution in [0.15, 0.2) is 18.2 Å². The van der Waals surface area contributed by atoms with E-state index in [9.17, 15) is 14.9 Å². The lowest BCUT2D eigenvalue weighted by atomic mass is 10.0. The Hall–Kier alpha value is -1.66. The molecule has 1 fully saturated rings. The monoisotopic (exact) mass is 311 g/mol. The van der Waals surface area contributed by atoms with Crippen LogP contribution in [0, 0.1) is 10.1 Å². The molecule has 1 aromatic rings. The second-order valence-electron chi connectivity index (χ2n) is 5.13. The summed E-state index contributed by atoms with van der Waals surface area (Å²) < 4.78 is 0. The third-order valence-corrected chi connectivity index (χ3v) is 4.05. The van der Waals surface area contributed by atoms with Crippen molar-refractivity contribution in [2.24, 2.45) is 0 Å². The first-order valence-corrected chi connectivity index (χ1v) is 7.32.